The van der Waals surface area contributed by atoms with E-state index in [0.29, 0.717) is 6.61 Å². The molecule has 0 amide bonds. The Morgan fingerprint density at radius 2 is 1.13 bits per heavy atom. The Hall–Kier alpha value is -3.29. The van der Waals surface area contributed by atoms with Crippen LogP contribution in [0, 0.1) is 0 Å². The predicted octanol–water partition coefficient (Wildman–Crippen LogP) is 3.98. The van der Waals surface area contributed by atoms with Gasteiger partial charge < -0.3 is 4.74 Å². The zero-order valence-corrected chi connectivity index (χ0v) is 18.1. The van der Waals surface area contributed by atoms with Crippen molar-refractivity contribution in [3.8, 4) is 0 Å². The summed E-state index contributed by atoms with van der Waals surface area (Å²) >= 11 is 0. The lowest BCUT2D eigenvalue weighted by Gasteiger charge is -2.27. The lowest BCUT2D eigenvalue weighted by molar-refractivity contribution is -0.117. The van der Waals surface area contributed by atoms with Crippen LogP contribution in [0.4, 0.5) is 0 Å². The van der Waals surface area contributed by atoms with E-state index in [9.17, 15) is 9.59 Å². The van der Waals surface area contributed by atoms with Crippen molar-refractivity contribution in [3.63, 3.8) is 0 Å². The molecule has 0 radical (unpaired) electrons. The smallest absolute Gasteiger partial charge is 0.220 e. The Morgan fingerprint density at radius 3 is 1.61 bits per heavy atom. The highest BCUT2D eigenvalue weighted by Crippen LogP contribution is 2.55. The summed E-state index contributed by atoms with van der Waals surface area (Å²) < 4.78 is 5.73. The maximum Gasteiger partial charge on any atom is 0.220 e. The molecule has 3 aromatic carbocycles. The SMILES string of the molecule is O=C1C=CC(=O)C(OCCC[P+](c2ccccc2)(c2ccccc2)c2ccccc2)=C1. The second-order valence-electron chi connectivity index (χ2n) is 7.35. The minimum Gasteiger partial charge on any atom is -0.489 e. The maximum absolute atomic E-state index is 12.0. The Balaban J connectivity index is 1.66. The molecule has 1 aliphatic rings. The van der Waals surface area contributed by atoms with Crippen LogP contribution in [0.3, 0.4) is 0 Å². The van der Waals surface area contributed by atoms with Gasteiger partial charge in [0.05, 0.1) is 12.8 Å². The van der Waals surface area contributed by atoms with Gasteiger partial charge in [-0.3, -0.25) is 9.59 Å². The fourth-order valence-corrected chi connectivity index (χ4v) is 8.28. The highest BCUT2D eigenvalue weighted by atomic mass is 31.2. The van der Waals surface area contributed by atoms with Gasteiger partial charge in [0.25, 0.3) is 0 Å². The van der Waals surface area contributed by atoms with E-state index in [1.54, 1.807) is 0 Å². The van der Waals surface area contributed by atoms with E-state index < -0.39 is 7.26 Å². The van der Waals surface area contributed by atoms with Crippen molar-refractivity contribution in [2.24, 2.45) is 0 Å². The zero-order valence-electron chi connectivity index (χ0n) is 17.2. The highest BCUT2D eigenvalue weighted by molar-refractivity contribution is 7.95. The average molecular weight is 427 g/mol. The van der Waals surface area contributed by atoms with Crippen LogP contribution in [0.1, 0.15) is 6.42 Å². The van der Waals surface area contributed by atoms with Crippen molar-refractivity contribution < 1.29 is 14.3 Å². The van der Waals surface area contributed by atoms with Gasteiger partial charge in [-0.05, 0) is 48.6 Å². The summed E-state index contributed by atoms with van der Waals surface area (Å²) in [6, 6.07) is 32.0. The molecule has 0 saturated carbocycles. The number of carbonyl (C=O) groups excluding carboxylic acids is 2. The molecule has 3 aromatic rings. The molecule has 1 aliphatic carbocycles. The van der Waals surface area contributed by atoms with Crippen LogP contribution in [0.2, 0.25) is 0 Å². The van der Waals surface area contributed by atoms with Crippen LogP contribution >= 0.6 is 7.26 Å². The number of carbonyl (C=O) groups is 2. The van der Waals surface area contributed by atoms with Crippen molar-refractivity contribution in [3.05, 3.63) is 115 Å². The molecule has 0 aliphatic heterocycles. The van der Waals surface area contributed by atoms with E-state index in [0.717, 1.165) is 12.6 Å². The lowest BCUT2D eigenvalue weighted by atomic mass is 10.1. The van der Waals surface area contributed by atoms with Crippen molar-refractivity contribution in [2.45, 2.75) is 6.42 Å². The first-order valence-electron chi connectivity index (χ1n) is 10.4. The van der Waals surface area contributed by atoms with Crippen molar-refractivity contribution >= 4 is 34.7 Å². The van der Waals surface area contributed by atoms with Crippen LogP contribution < -0.4 is 15.9 Å². The summed E-state index contributed by atoms with van der Waals surface area (Å²) in [5.41, 5.74) is 0. The number of hydrogen-bond acceptors (Lipinski definition) is 3. The zero-order chi connectivity index (χ0) is 21.5. The van der Waals surface area contributed by atoms with E-state index in [1.807, 2.05) is 18.2 Å². The number of rotatable bonds is 8. The molecule has 4 heteroatoms. The van der Waals surface area contributed by atoms with Gasteiger partial charge in [0.2, 0.25) is 5.78 Å². The van der Waals surface area contributed by atoms with Crippen LogP contribution in [-0.4, -0.2) is 24.3 Å². The maximum atomic E-state index is 12.0. The number of benzene rings is 3. The molecule has 0 fully saturated rings. The molecule has 0 atom stereocenters. The first kappa shape index (κ1) is 21.0. The fraction of sp³-hybridized carbons (Fsp3) is 0.111. The molecule has 0 unspecified atom stereocenters. The summed E-state index contributed by atoms with van der Waals surface area (Å²) in [4.78, 5) is 23.5. The molecule has 31 heavy (non-hydrogen) atoms. The first-order chi connectivity index (χ1) is 15.2. The van der Waals surface area contributed by atoms with E-state index >= 15 is 0 Å². The average Bonchev–Trinajstić information content (AvgIpc) is 2.83. The largest absolute Gasteiger partial charge is 0.489 e. The van der Waals surface area contributed by atoms with Gasteiger partial charge in [-0.15, -0.1) is 0 Å². The van der Waals surface area contributed by atoms with E-state index in [-0.39, 0.29) is 17.3 Å². The molecule has 0 bridgehead atoms. The third-order valence-corrected chi connectivity index (χ3v) is 9.93. The number of ketones is 2. The van der Waals surface area contributed by atoms with Crippen LogP contribution in [-0.2, 0) is 14.3 Å². The van der Waals surface area contributed by atoms with Gasteiger partial charge in [-0.2, -0.15) is 0 Å². The molecule has 154 valence electrons. The van der Waals surface area contributed by atoms with Crippen molar-refractivity contribution in [1.29, 1.82) is 0 Å². The minimum absolute atomic E-state index is 0.135. The third kappa shape index (κ3) is 4.57. The number of allylic oxidation sites excluding steroid dienone is 3. The van der Waals surface area contributed by atoms with Gasteiger partial charge in [0.15, 0.2) is 11.5 Å². The van der Waals surface area contributed by atoms with E-state index in [1.165, 1.54) is 34.1 Å². The van der Waals surface area contributed by atoms with Crippen LogP contribution in [0.25, 0.3) is 0 Å². The Morgan fingerprint density at radius 1 is 0.645 bits per heavy atom. The molecule has 0 aromatic heterocycles. The minimum atomic E-state index is -1.92. The summed E-state index contributed by atoms with van der Waals surface area (Å²) in [6.07, 6.45) is 5.47. The van der Waals surface area contributed by atoms with E-state index in [4.69, 9.17) is 4.74 Å². The van der Waals surface area contributed by atoms with Gasteiger partial charge in [0.1, 0.15) is 23.2 Å². The number of ether oxygens (including phenoxy) is 1. The van der Waals surface area contributed by atoms with Gasteiger partial charge in [-0.25, -0.2) is 0 Å². The summed E-state index contributed by atoms with van der Waals surface area (Å²) in [6.45, 7) is 0.382. The van der Waals surface area contributed by atoms with Gasteiger partial charge in [-0.1, -0.05) is 54.6 Å². The molecular formula is C27H24O3P+. The second-order valence-corrected chi connectivity index (χ2v) is 11.0. The second kappa shape index (κ2) is 9.68. The quantitative estimate of drug-likeness (QED) is 0.310. The van der Waals surface area contributed by atoms with Crippen LogP contribution in [0.5, 0.6) is 0 Å². The van der Waals surface area contributed by atoms with E-state index in [2.05, 4.69) is 72.8 Å². The molecule has 0 saturated heterocycles. The normalized spacial score (nSPS) is 13.7. The summed E-state index contributed by atoms with van der Waals surface area (Å²) in [7, 11) is -1.92. The molecule has 0 N–H and O–H groups in total. The van der Waals surface area contributed by atoms with Gasteiger partial charge >= 0.3 is 0 Å². The monoisotopic (exact) mass is 427 g/mol. The van der Waals surface area contributed by atoms with Crippen LogP contribution in [0.15, 0.2) is 115 Å². The molecule has 0 heterocycles. The standard InChI is InChI=1S/C27H24O3P/c28-22-17-18-26(29)27(21-22)30-19-10-20-31(23-11-4-1-5-12-23,24-13-6-2-7-14-24)25-15-8-3-9-16-25/h1-9,11-18,21H,10,19-20H2/q+1. The molecule has 4 rings (SSSR count). The summed E-state index contributed by atoms with van der Waals surface area (Å²) in [5.74, 6) is -0.334. The Labute approximate surface area is 183 Å². The van der Waals surface area contributed by atoms with Gasteiger partial charge in [0, 0.05) is 12.5 Å². The Kier molecular flexibility index (Phi) is 6.54. The van der Waals surface area contributed by atoms with Crippen molar-refractivity contribution in [1.82, 2.24) is 0 Å². The number of hydrogen-bond donors (Lipinski definition) is 0. The van der Waals surface area contributed by atoms with Crippen molar-refractivity contribution in [2.75, 3.05) is 12.8 Å². The Bertz CT molecular complexity index is 1010. The topological polar surface area (TPSA) is 43.4 Å². The fourth-order valence-electron chi connectivity index (χ4n) is 3.97. The molecule has 3 nitrogen and oxygen atoms in total. The predicted molar refractivity (Wildman–Crippen MR) is 128 cm³/mol. The molecular weight excluding hydrogens is 403 g/mol. The lowest BCUT2D eigenvalue weighted by Crippen LogP contribution is -2.33. The highest BCUT2D eigenvalue weighted by Gasteiger charge is 2.44. The first-order valence-corrected chi connectivity index (χ1v) is 12.3. The summed E-state index contributed by atoms with van der Waals surface area (Å²) in [5, 5.41) is 3.95. The molecule has 0 spiro atoms. The third-order valence-electron chi connectivity index (χ3n) is 5.40.